The Balaban J connectivity index is 1.23. The van der Waals surface area contributed by atoms with Crippen LogP contribution < -0.4 is 10.2 Å². The van der Waals surface area contributed by atoms with Gasteiger partial charge in [0.1, 0.15) is 5.82 Å². The molecule has 7 nitrogen and oxygen atoms in total. The maximum atomic E-state index is 13.2. The standard InChI is InChI=1S/C23H23FN4O3S2/c24-19-5-1-17(2-6-19)21-15-32-23(26-21)27-9-11-28(12-10-27)33(30,31)20-7-3-16(4-8-20)18-13-22(29)25-14-18/h1-8,15,18H,9-14H2,(H,25,29). The summed E-state index contributed by atoms with van der Waals surface area (Å²) in [5.74, 6) is -0.165. The molecular weight excluding hydrogens is 463 g/mol. The fraction of sp³-hybridized carbons (Fsp3) is 0.304. The molecule has 2 aromatic carbocycles. The third-order valence-electron chi connectivity index (χ3n) is 6.11. The van der Waals surface area contributed by atoms with Gasteiger partial charge in [-0.2, -0.15) is 4.31 Å². The van der Waals surface area contributed by atoms with Crippen LogP contribution in [0.4, 0.5) is 9.52 Å². The van der Waals surface area contributed by atoms with Crippen molar-refractivity contribution in [2.45, 2.75) is 17.2 Å². The van der Waals surface area contributed by atoms with Gasteiger partial charge < -0.3 is 10.2 Å². The Hall–Kier alpha value is -2.82. The molecule has 172 valence electrons. The van der Waals surface area contributed by atoms with Gasteiger partial charge in [0.25, 0.3) is 0 Å². The molecule has 0 saturated carbocycles. The number of nitrogens with one attached hydrogen (secondary N) is 1. The van der Waals surface area contributed by atoms with Crippen LogP contribution in [0.25, 0.3) is 11.3 Å². The molecule has 2 fully saturated rings. The molecule has 0 spiro atoms. The number of sulfonamides is 1. The van der Waals surface area contributed by atoms with E-state index in [-0.39, 0.29) is 22.5 Å². The fourth-order valence-corrected chi connectivity index (χ4v) is 6.50. The molecule has 2 aliphatic heterocycles. The summed E-state index contributed by atoms with van der Waals surface area (Å²) in [6.07, 6.45) is 0.438. The van der Waals surface area contributed by atoms with Crippen molar-refractivity contribution in [3.8, 4) is 11.3 Å². The minimum Gasteiger partial charge on any atom is -0.355 e. The number of halogens is 1. The van der Waals surface area contributed by atoms with Gasteiger partial charge in [0.05, 0.1) is 10.6 Å². The van der Waals surface area contributed by atoms with Gasteiger partial charge in [-0.1, -0.05) is 12.1 Å². The Bertz CT molecular complexity index is 1250. The average Bonchev–Trinajstić information content (AvgIpc) is 3.49. The molecule has 2 saturated heterocycles. The summed E-state index contributed by atoms with van der Waals surface area (Å²) < 4.78 is 40.9. The third-order valence-corrected chi connectivity index (χ3v) is 8.92. The molecule has 1 amide bonds. The summed E-state index contributed by atoms with van der Waals surface area (Å²) >= 11 is 1.50. The average molecular weight is 487 g/mol. The summed E-state index contributed by atoms with van der Waals surface area (Å²) in [6.45, 7) is 2.42. The molecule has 3 heterocycles. The SMILES string of the molecule is O=C1CC(c2ccc(S(=O)(=O)N3CCN(c4nc(-c5ccc(F)cc5)cs4)CC3)cc2)CN1. The molecule has 0 radical (unpaired) electrons. The molecule has 1 unspecified atom stereocenters. The topological polar surface area (TPSA) is 82.6 Å². The molecule has 0 aliphatic carbocycles. The maximum absolute atomic E-state index is 13.2. The number of amides is 1. The van der Waals surface area contributed by atoms with Crippen LogP contribution in [0.5, 0.6) is 0 Å². The first-order valence-corrected chi connectivity index (χ1v) is 13.1. The zero-order valence-corrected chi connectivity index (χ0v) is 19.4. The van der Waals surface area contributed by atoms with Gasteiger partial charge in [-0.25, -0.2) is 17.8 Å². The Kier molecular flexibility index (Phi) is 5.90. The number of hydrogen-bond donors (Lipinski definition) is 1. The number of anilines is 1. The van der Waals surface area contributed by atoms with E-state index in [4.69, 9.17) is 0 Å². The molecule has 0 bridgehead atoms. The number of aromatic nitrogens is 1. The Morgan fingerprint density at radius 3 is 2.33 bits per heavy atom. The number of hydrogen-bond acceptors (Lipinski definition) is 6. The van der Waals surface area contributed by atoms with Gasteiger partial charge in [0, 0.05) is 56.0 Å². The van der Waals surface area contributed by atoms with Crippen LogP contribution in [-0.2, 0) is 14.8 Å². The minimum atomic E-state index is -3.59. The van der Waals surface area contributed by atoms with Crippen LogP contribution in [0.3, 0.4) is 0 Å². The molecule has 1 atom stereocenters. The predicted molar refractivity (Wildman–Crippen MR) is 125 cm³/mol. The van der Waals surface area contributed by atoms with Crippen LogP contribution in [0, 0.1) is 5.82 Å². The molecule has 3 aromatic rings. The van der Waals surface area contributed by atoms with Gasteiger partial charge in [0.15, 0.2) is 5.13 Å². The monoisotopic (exact) mass is 486 g/mol. The van der Waals surface area contributed by atoms with Crippen LogP contribution in [0.2, 0.25) is 0 Å². The van der Waals surface area contributed by atoms with Crippen LogP contribution >= 0.6 is 11.3 Å². The highest BCUT2D eigenvalue weighted by molar-refractivity contribution is 7.89. The second-order valence-corrected chi connectivity index (χ2v) is 11.0. The number of piperazine rings is 1. The van der Waals surface area contributed by atoms with Crippen molar-refractivity contribution in [1.82, 2.24) is 14.6 Å². The van der Waals surface area contributed by atoms with Crippen molar-refractivity contribution >= 4 is 32.4 Å². The summed E-state index contributed by atoms with van der Waals surface area (Å²) in [5, 5.41) is 5.57. The van der Waals surface area contributed by atoms with Crippen molar-refractivity contribution in [2.75, 3.05) is 37.6 Å². The third kappa shape index (κ3) is 4.50. The lowest BCUT2D eigenvalue weighted by atomic mass is 9.99. The van der Waals surface area contributed by atoms with Crippen molar-refractivity contribution in [2.24, 2.45) is 0 Å². The zero-order chi connectivity index (χ0) is 23.0. The highest BCUT2D eigenvalue weighted by atomic mass is 32.2. The molecule has 5 rings (SSSR count). The first-order chi connectivity index (χ1) is 15.9. The Morgan fingerprint density at radius 1 is 1.00 bits per heavy atom. The molecular formula is C23H23FN4O3S2. The van der Waals surface area contributed by atoms with E-state index in [1.54, 1.807) is 36.4 Å². The second kappa shape index (κ2) is 8.85. The number of rotatable bonds is 5. The van der Waals surface area contributed by atoms with E-state index in [2.05, 4.69) is 15.2 Å². The number of nitrogens with zero attached hydrogens (tertiary/aromatic N) is 3. The van der Waals surface area contributed by atoms with Crippen LogP contribution in [0.15, 0.2) is 58.8 Å². The van der Waals surface area contributed by atoms with Crippen molar-refractivity contribution in [3.63, 3.8) is 0 Å². The van der Waals surface area contributed by atoms with Gasteiger partial charge in [-0.05, 0) is 42.0 Å². The molecule has 2 aliphatic rings. The summed E-state index contributed by atoms with van der Waals surface area (Å²) in [5.41, 5.74) is 2.60. The maximum Gasteiger partial charge on any atom is 0.243 e. The normalized spacial score (nSPS) is 19.6. The summed E-state index contributed by atoms with van der Waals surface area (Å²) in [6, 6.07) is 13.1. The lowest BCUT2D eigenvalue weighted by Crippen LogP contribution is -2.48. The molecule has 1 N–H and O–H groups in total. The van der Waals surface area contributed by atoms with E-state index in [9.17, 15) is 17.6 Å². The van der Waals surface area contributed by atoms with Crippen molar-refractivity contribution in [3.05, 3.63) is 65.3 Å². The number of benzene rings is 2. The Labute approximate surface area is 195 Å². The van der Waals surface area contributed by atoms with Gasteiger partial charge >= 0.3 is 0 Å². The highest BCUT2D eigenvalue weighted by Gasteiger charge is 2.30. The van der Waals surface area contributed by atoms with E-state index in [1.165, 1.54) is 27.8 Å². The van der Waals surface area contributed by atoms with Crippen molar-refractivity contribution in [1.29, 1.82) is 0 Å². The first kappa shape index (κ1) is 22.0. The highest BCUT2D eigenvalue weighted by Crippen LogP contribution is 2.30. The second-order valence-electron chi connectivity index (χ2n) is 8.19. The predicted octanol–water partition coefficient (Wildman–Crippen LogP) is 3.06. The number of carbonyl (C=O) groups is 1. The van der Waals surface area contributed by atoms with E-state index < -0.39 is 10.0 Å². The van der Waals surface area contributed by atoms with E-state index >= 15 is 0 Å². The molecule has 10 heteroatoms. The lowest BCUT2D eigenvalue weighted by Gasteiger charge is -2.33. The van der Waals surface area contributed by atoms with E-state index in [1.807, 2.05) is 5.38 Å². The smallest absolute Gasteiger partial charge is 0.243 e. The largest absolute Gasteiger partial charge is 0.355 e. The number of thiazole rings is 1. The van der Waals surface area contributed by atoms with Crippen LogP contribution in [-0.4, -0.2) is 56.3 Å². The Morgan fingerprint density at radius 2 is 1.70 bits per heavy atom. The van der Waals surface area contributed by atoms with Crippen LogP contribution in [0.1, 0.15) is 17.9 Å². The van der Waals surface area contributed by atoms with E-state index in [0.29, 0.717) is 39.1 Å². The van der Waals surface area contributed by atoms with Gasteiger partial charge in [-0.3, -0.25) is 4.79 Å². The summed E-state index contributed by atoms with van der Waals surface area (Å²) in [4.78, 5) is 18.4. The van der Waals surface area contributed by atoms with E-state index in [0.717, 1.165) is 22.0 Å². The lowest BCUT2D eigenvalue weighted by molar-refractivity contribution is -0.119. The van der Waals surface area contributed by atoms with Gasteiger partial charge in [-0.15, -0.1) is 11.3 Å². The van der Waals surface area contributed by atoms with Gasteiger partial charge in [0.2, 0.25) is 15.9 Å². The number of carbonyl (C=O) groups excluding carboxylic acids is 1. The fourth-order valence-electron chi connectivity index (χ4n) is 4.18. The zero-order valence-electron chi connectivity index (χ0n) is 17.8. The summed E-state index contributed by atoms with van der Waals surface area (Å²) in [7, 11) is -3.59. The minimum absolute atomic E-state index is 0.0274. The first-order valence-electron chi connectivity index (χ1n) is 10.7. The van der Waals surface area contributed by atoms with Crippen molar-refractivity contribution < 1.29 is 17.6 Å². The molecule has 33 heavy (non-hydrogen) atoms. The molecule has 1 aromatic heterocycles. The quantitative estimate of drug-likeness (QED) is 0.600.